The van der Waals surface area contributed by atoms with E-state index in [1.807, 2.05) is 0 Å². The van der Waals surface area contributed by atoms with Gasteiger partial charge < -0.3 is 9.88 Å². The SMILES string of the molecule is CS(=O)(=O)c1nc2ccccc2n1CC(=O)Nc1ccc(F)c(Cl)c1. The third-order valence-electron chi connectivity index (χ3n) is 3.46. The Morgan fingerprint density at radius 3 is 2.68 bits per heavy atom. The minimum Gasteiger partial charge on any atom is -0.324 e. The fraction of sp³-hybridized carbons (Fsp3) is 0.125. The molecule has 0 spiro atoms. The van der Waals surface area contributed by atoms with Gasteiger partial charge in [-0.05, 0) is 30.3 Å². The summed E-state index contributed by atoms with van der Waals surface area (Å²) in [5.74, 6) is -1.09. The van der Waals surface area contributed by atoms with Crippen molar-refractivity contribution < 1.29 is 17.6 Å². The molecule has 1 N–H and O–H groups in total. The highest BCUT2D eigenvalue weighted by molar-refractivity contribution is 7.90. The third kappa shape index (κ3) is 3.64. The number of benzene rings is 2. The van der Waals surface area contributed by atoms with Gasteiger partial charge in [-0.1, -0.05) is 23.7 Å². The van der Waals surface area contributed by atoms with Crippen LogP contribution in [-0.2, 0) is 21.2 Å². The Balaban J connectivity index is 1.94. The molecule has 0 unspecified atom stereocenters. The van der Waals surface area contributed by atoms with E-state index in [0.717, 1.165) is 12.3 Å². The number of fused-ring (bicyclic) bond motifs is 1. The molecular formula is C16H13ClFN3O3S. The molecule has 130 valence electrons. The lowest BCUT2D eigenvalue weighted by Crippen LogP contribution is -2.21. The number of hydrogen-bond donors (Lipinski definition) is 1. The van der Waals surface area contributed by atoms with E-state index >= 15 is 0 Å². The predicted octanol–water partition coefficient (Wildman–Crippen LogP) is 2.87. The van der Waals surface area contributed by atoms with Crippen LogP contribution in [0.4, 0.5) is 10.1 Å². The van der Waals surface area contributed by atoms with Gasteiger partial charge >= 0.3 is 0 Å². The lowest BCUT2D eigenvalue weighted by Gasteiger charge is -2.09. The number of carbonyl (C=O) groups excluding carboxylic acids is 1. The lowest BCUT2D eigenvalue weighted by molar-refractivity contribution is -0.116. The van der Waals surface area contributed by atoms with Crippen molar-refractivity contribution in [3.63, 3.8) is 0 Å². The van der Waals surface area contributed by atoms with E-state index in [2.05, 4.69) is 10.3 Å². The van der Waals surface area contributed by atoms with Crippen LogP contribution in [0, 0.1) is 5.82 Å². The molecule has 25 heavy (non-hydrogen) atoms. The summed E-state index contributed by atoms with van der Waals surface area (Å²) < 4.78 is 38.4. The Bertz CT molecular complexity index is 1080. The number of sulfone groups is 1. The maximum Gasteiger partial charge on any atom is 0.244 e. The van der Waals surface area contributed by atoms with Crippen molar-refractivity contribution in [3.05, 3.63) is 53.3 Å². The molecule has 0 aliphatic rings. The number of nitrogens with zero attached hydrogens (tertiary/aromatic N) is 2. The zero-order chi connectivity index (χ0) is 18.2. The molecule has 3 rings (SSSR count). The van der Waals surface area contributed by atoms with E-state index in [-0.39, 0.29) is 16.7 Å². The Morgan fingerprint density at radius 2 is 2.00 bits per heavy atom. The smallest absolute Gasteiger partial charge is 0.244 e. The number of carbonyl (C=O) groups is 1. The van der Waals surface area contributed by atoms with Gasteiger partial charge in [-0.3, -0.25) is 4.79 Å². The molecule has 0 saturated heterocycles. The van der Waals surface area contributed by atoms with Gasteiger partial charge in [0.05, 0.1) is 16.1 Å². The molecule has 9 heteroatoms. The van der Waals surface area contributed by atoms with Gasteiger partial charge in [-0.15, -0.1) is 0 Å². The molecule has 0 aliphatic carbocycles. The topological polar surface area (TPSA) is 81.1 Å². The maximum absolute atomic E-state index is 13.2. The number of amides is 1. The fourth-order valence-corrected chi connectivity index (χ4v) is 3.42. The van der Waals surface area contributed by atoms with Crippen molar-refractivity contribution >= 4 is 44.1 Å². The van der Waals surface area contributed by atoms with Crippen LogP contribution in [-0.4, -0.2) is 30.1 Å². The molecular weight excluding hydrogens is 369 g/mol. The average Bonchev–Trinajstić information content (AvgIpc) is 2.90. The van der Waals surface area contributed by atoms with Crippen LogP contribution in [0.1, 0.15) is 0 Å². The molecule has 1 heterocycles. The van der Waals surface area contributed by atoms with E-state index in [1.165, 1.54) is 16.7 Å². The second-order valence-corrected chi connectivity index (χ2v) is 7.74. The molecule has 0 bridgehead atoms. The van der Waals surface area contributed by atoms with Crippen LogP contribution < -0.4 is 5.32 Å². The van der Waals surface area contributed by atoms with Gasteiger partial charge in [-0.2, -0.15) is 0 Å². The highest BCUT2D eigenvalue weighted by Crippen LogP contribution is 2.21. The molecule has 0 fully saturated rings. The molecule has 3 aromatic rings. The van der Waals surface area contributed by atoms with Crippen molar-refractivity contribution in [2.75, 3.05) is 11.6 Å². The number of anilines is 1. The predicted molar refractivity (Wildman–Crippen MR) is 92.9 cm³/mol. The first-order valence-corrected chi connectivity index (χ1v) is 9.43. The number of imidazole rings is 1. The summed E-state index contributed by atoms with van der Waals surface area (Å²) >= 11 is 5.68. The summed E-state index contributed by atoms with van der Waals surface area (Å²) in [7, 11) is -3.62. The molecule has 1 amide bonds. The monoisotopic (exact) mass is 381 g/mol. The van der Waals surface area contributed by atoms with Crippen molar-refractivity contribution in [2.24, 2.45) is 0 Å². The second kappa shape index (κ2) is 6.45. The Kier molecular flexibility index (Phi) is 4.49. The Labute approximate surface area is 148 Å². The third-order valence-corrected chi connectivity index (χ3v) is 4.72. The van der Waals surface area contributed by atoms with Crippen LogP contribution in [0.25, 0.3) is 11.0 Å². The fourth-order valence-electron chi connectivity index (χ4n) is 2.41. The summed E-state index contributed by atoms with van der Waals surface area (Å²) in [5, 5.41) is 2.24. The number of nitrogens with one attached hydrogen (secondary N) is 1. The van der Waals surface area contributed by atoms with Crippen LogP contribution in [0.5, 0.6) is 0 Å². The first kappa shape index (κ1) is 17.4. The van der Waals surface area contributed by atoms with E-state index in [4.69, 9.17) is 11.6 Å². The van der Waals surface area contributed by atoms with Gasteiger partial charge in [0.2, 0.25) is 20.9 Å². The number of aromatic nitrogens is 2. The van der Waals surface area contributed by atoms with Gasteiger partial charge in [-0.25, -0.2) is 17.8 Å². The first-order valence-electron chi connectivity index (χ1n) is 7.16. The van der Waals surface area contributed by atoms with Crippen LogP contribution in [0.15, 0.2) is 47.6 Å². The quantitative estimate of drug-likeness (QED) is 0.753. The molecule has 0 saturated carbocycles. The normalized spacial score (nSPS) is 11.6. The molecule has 6 nitrogen and oxygen atoms in total. The Morgan fingerprint density at radius 1 is 1.28 bits per heavy atom. The van der Waals surface area contributed by atoms with Crippen LogP contribution >= 0.6 is 11.6 Å². The average molecular weight is 382 g/mol. The summed E-state index contributed by atoms with van der Waals surface area (Å²) in [6.07, 6.45) is 1.03. The molecule has 0 radical (unpaired) electrons. The number of rotatable bonds is 4. The first-order chi connectivity index (χ1) is 11.8. The van der Waals surface area contributed by atoms with E-state index in [0.29, 0.717) is 16.7 Å². The summed E-state index contributed by atoms with van der Waals surface area (Å²) in [5.41, 5.74) is 1.30. The zero-order valence-corrected chi connectivity index (χ0v) is 14.6. The lowest BCUT2D eigenvalue weighted by atomic mass is 10.3. The molecule has 2 aromatic carbocycles. The van der Waals surface area contributed by atoms with Gasteiger partial charge in [0.25, 0.3) is 0 Å². The van der Waals surface area contributed by atoms with Crippen molar-refractivity contribution in [1.29, 1.82) is 0 Å². The summed E-state index contributed by atoms with van der Waals surface area (Å²) in [6.45, 7) is -0.266. The van der Waals surface area contributed by atoms with E-state index in [1.54, 1.807) is 24.3 Å². The minimum absolute atomic E-state index is 0.122. The zero-order valence-electron chi connectivity index (χ0n) is 13.0. The van der Waals surface area contributed by atoms with Crippen molar-refractivity contribution in [1.82, 2.24) is 9.55 Å². The number of para-hydroxylation sites is 2. The summed E-state index contributed by atoms with van der Waals surface area (Å²) in [4.78, 5) is 16.4. The number of halogens is 2. The maximum atomic E-state index is 13.2. The van der Waals surface area contributed by atoms with Crippen LogP contribution in [0.2, 0.25) is 5.02 Å². The van der Waals surface area contributed by atoms with Crippen molar-refractivity contribution in [3.8, 4) is 0 Å². The van der Waals surface area contributed by atoms with E-state index < -0.39 is 21.6 Å². The van der Waals surface area contributed by atoms with Gasteiger partial charge in [0.1, 0.15) is 12.4 Å². The second-order valence-electron chi connectivity index (χ2n) is 5.42. The largest absolute Gasteiger partial charge is 0.324 e. The highest BCUT2D eigenvalue weighted by atomic mass is 35.5. The Hall–Kier alpha value is -2.45. The number of hydrogen-bond acceptors (Lipinski definition) is 4. The van der Waals surface area contributed by atoms with Crippen molar-refractivity contribution in [2.45, 2.75) is 11.7 Å². The molecule has 0 aliphatic heterocycles. The minimum atomic E-state index is -3.62. The van der Waals surface area contributed by atoms with Gasteiger partial charge in [0, 0.05) is 11.9 Å². The summed E-state index contributed by atoms with van der Waals surface area (Å²) in [6, 6.07) is 10.6. The molecule has 1 aromatic heterocycles. The standard InChI is InChI=1S/C16H13ClFN3O3S/c1-25(23,24)16-20-13-4-2-3-5-14(13)21(16)9-15(22)19-10-6-7-12(18)11(17)8-10/h2-8H,9H2,1H3,(H,19,22). The van der Waals surface area contributed by atoms with E-state index in [9.17, 15) is 17.6 Å². The highest BCUT2D eigenvalue weighted by Gasteiger charge is 2.21. The van der Waals surface area contributed by atoms with Crippen LogP contribution in [0.3, 0.4) is 0 Å². The molecule has 0 atom stereocenters. The van der Waals surface area contributed by atoms with Gasteiger partial charge in [0.15, 0.2) is 0 Å².